The van der Waals surface area contributed by atoms with E-state index >= 15 is 0 Å². The van der Waals surface area contributed by atoms with Gasteiger partial charge in [0.2, 0.25) is 5.91 Å². The maximum atomic E-state index is 12.2. The fraction of sp³-hybridized carbons (Fsp3) is 0.909. The monoisotopic (exact) mass is 233 g/mol. The zero-order valence-electron chi connectivity index (χ0n) is 9.75. The van der Waals surface area contributed by atoms with Crippen molar-refractivity contribution in [1.82, 2.24) is 4.90 Å². The first-order valence-corrected chi connectivity index (χ1v) is 5.92. The molecule has 0 radical (unpaired) electrons. The summed E-state index contributed by atoms with van der Waals surface area (Å²) in [4.78, 5) is 14.1. The normalized spacial score (nSPS) is 16.5. The van der Waals surface area contributed by atoms with Crippen molar-refractivity contribution >= 4 is 17.5 Å². The first kappa shape index (κ1) is 12.8. The molecule has 0 saturated heterocycles. The Balaban J connectivity index is 2.58. The van der Waals surface area contributed by atoms with Crippen molar-refractivity contribution in [3.8, 4) is 0 Å². The maximum Gasteiger partial charge on any atom is 0.229 e. The molecule has 0 atom stereocenters. The topological polar surface area (TPSA) is 29.5 Å². The molecule has 3 nitrogen and oxygen atoms in total. The summed E-state index contributed by atoms with van der Waals surface area (Å²) in [6, 6.07) is 0.426. The largest absolute Gasteiger partial charge is 0.383 e. The Hall–Kier alpha value is -0.280. The minimum absolute atomic E-state index is 0.150. The van der Waals surface area contributed by atoms with Crippen molar-refractivity contribution in [3.63, 3.8) is 0 Å². The van der Waals surface area contributed by atoms with Gasteiger partial charge in [0.15, 0.2) is 0 Å². The summed E-state index contributed by atoms with van der Waals surface area (Å²) in [5.41, 5.74) is -0.460. The molecular weight excluding hydrogens is 214 g/mol. The molecule has 15 heavy (non-hydrogen) atoms. The Morgan fingerprint density at radius 2 is 2.13 bits per heavy atom. The van der Waals surface area contributed by atoms with Gasteiger partial charge in [-0.25, -0.2) is 0 Å². The van der Waals surface area contributed by atoms with Crippen molar-refractivity contribution in [2.75, 3.05) is 26.1 Å². The van der Waals surface area contributed by atoms with Crippen molar-refractivity contribution in [2.24, 2.45) is 5.41 Å². The summed E-state index contributed by atoms with van der Waals surface area (Å²) in [5.74, 6) is 0.513. The highest BCUT2D eigenvalue weighted by molar-refractivity contribution is 6.19. The summed E-state index contributed by atoms with van der Waals surface area (Å²) >= 11 is 5.81. The lowest BCUT2D eigenvalue weighted by molar-refractivity contribution is -0.140. The Bertz CT molecular complexity index is 227. The molecule has 1 saturated carbocycles. The van der Waals surface area contributed by atoms with Gasteiger partial charge in [-0.15, -0.1) is 11.6 Å². The number of carbonyl (C=O) groups is 1. The van der Waals surface area contributed by atoms with Crippen molar-refractivity contribution in [3.05, 3.63) is 0 Å². The summed E-state index contributed by atoms with van der Waals surface area (Å²) in [6.07, 6.45) is 2.24. The first-order chi connectivity index (χ1) is 7.03. The number of methoxy groups -OCH3 is 1. The smallest absolute Gasteiger partial charge is 0.229 e. The van der Waals surface area contributed by atoms with Gasteiger partial charge in [0.05, 0.1) is 12.0 Å². The number of rotatable bonds is 6. The van der Waals surface area contributed by atoms with Crippen molar-refractivity contribution < 1.29 is 9.53 Å². The maximum absolute atomic E-state index is 12.2. The number of halogens is 1. The number of alkyl halides is 1. The fourth-order valence-corrected chi connectivity index (χ4v) is 1.59. The standard InChI is InChI=1S/C11H20ClNO2/c1-11(2,8-12)10(14)13(6-7-15-3)9-4-5-9/h9H,4-8H2,1-3H3. The molecule has 0 heterocycles. The molecule has 0 aromatic heterocycles. The third-order valence-electron chi connectivity index (χ3n) is 2.70. The van der Waals surface area contributed by atoms with Gasteiger partial charge in [-0.3, -0.25) is 4.79 Å². The van der Waals surface area contributed by atoms with Crippen LogP contribution in [0.3, 0.4) is 0 Å². The van der Waals surface area contributed by atoms with E-state index in [9.17, 15) is 4.79 Å². The second kappa shape index (κ2) is 5.17. The van der Waals surface area contributed by atoms with E-state index in [0.29, 0.717) is 25.1 Å². The molecule has 1 fully saturated rings. The number of amides is 1. The average Bonchev–Trinajstić information content (AvgIpc) is 3.02. The molecule has 0 bridgehead atoms. The predicted molar refractivity (Wildman–Crippen MR) is 61.1 cm³/mol. The van der Waals surface area contributed by atoms with E-state index in [2.05, 4.69) is 0 Å². The van der Waals surface area contributed by atoms with E-state index in [1.165, 1.54) is 0 Å². The molecule has 1 aliphatic carbocycles. The zero-order chi connectivity index (χ0) is 11.5. The van der Waals surface area contributed by atoms with Gasteiger partial charge in [0.1, 0.15) is 0 Å². The third kappa shape index (κ3) is 3.35. The van der Waals surface area contributed by atoms with Crippen LogP contribution in [0.2, 0.25) is 0 Å². The van der Waals surface area contributed by atoms with Gasteiger partial charge in [-0.1, -0.05) is 0 Å². The Morgan fingerprint density at radius 3 is 2.53 bits per heavy atom. The van der Waals surface area contributed by atoms with E-state index in [1.54, 1.807) is 7.11 Å². The molecule has 0 aromatic rings. The third-order valence-corrected chi connectivity index (χ3v) is 3.37. The van der Waals surface area contributed by atoms with Crippen LogP contribution < -0.4 is 0 Å². The summed E-state index contributed by atoms with van der Waals surface area (Å²) in [7, 11) is 1.66. The SMILES string of the molecule is COCCN(C(=O)C(C)(C)CCl)C1CC1. The molecule has 0 N–H and O–H groups in total. The highest BCUT2D eigenvalue weighted by atomic mass is 35.5. The lowest BCUT2D eigenvalue weighted by Gasteiger charge is -2.30. The molecule has 0 unspecified atom stereocenters. The van der Waals surface area contributed by atoms with Crippen molar-refractivity contribution in [1.29, 1.82) is 0 Å². The first-order valence-electron chi connectivity index (χ1n) is 5.39. The van der Waals surface area contributed by atoms with Crippen LogP contribution >= 0.6 is 11.6 Å². The average molecular weight is 234 g/mol. The Labute approximate surface area is 96.7 Å². The molecule has 1 aliphatic rings. The van der Waals surface area contributed by atoms with Gasteiger partial charge in [0, 0.05) is 25.6 Å². The van der Waals surface area contributed by atoms with Crippen molar-refractivity contribution in [2.45, 2.75) is 32.7 Å². The predicted octanol–water partition coefficient (Wildman–Crippen LogP) is 1.89. The van der Waals surface area contributed by atoms with Crippen LogP contribution in [-0.2, 0) is 9.53 Å². The highest BCUT2D eigenvalue weighted by Gasteiger charge is 2.38. The lowest BCUT2D eigenvalue weighted by atomic mass is 9.94. The van der Waals surface area contributed by atoms with Gasteiger partial charge in [0.25, 0.3) is 0 Å². The number of carbonyl (C=O) groups excluding carboxylic acids is 1. The van der Waals surface area contributed by atoms with E-state index < -0.39 is 5.41 Å². The van der Waals surface area contributed by atoms with Gasteiger partial charge in [-0.05, 0) is 26.7 Å². The molecule has 0 aromatic carbocycles. The summed E-state index contributed by atoms with van der Waals surface area (Å²) in [5, 5.41) is 0. The molecule has 0 spiro atoms. The molecule has 0 aliphatic heterocycles. The second-order valence-electron chi connectivity index (χ2n) is 4.74. The number of ether oxygens (including phenoxy) is 1. The molecule has 1 rings (SSSR count). The van der Waals surface area contributed by atoms with E-state index in [4.69, 9.17) is 16.3 Å². The van der Waals surface area contributed by atoms with E-state index in [0.717, 1.165) is 12.8 Å². The van der Waals surface area contributed by atoms with Crippen LogP contribution in [0.5, 0.6) is 0 Å². The minimum Gasteiger partial charge on any atom is -0.383 e. The highest BCUT2D eigenvalue weighted by Crippen LogP contribution is 2.31. The molecule has 4 heteroatoms. The molecule has 88 valence electrons. The molecule has 1 amide bonds. The summed E-state index contributed by atoms with van der Waals surface area (Å²) < 4.78 is 5.02. The second-order valence-corrected chi connectivity index (χ2v) is 5.01. The fourth-order valence-electron chi connectivity index (χ4n) is 1.47. The number of hydrogen-bond donors (Lipinski definition) is 0. The summed E-state index contributed by atoms with van der Waals surface area (Å²) in [6.45, 7) is 5.07. The van der Waals surface area contributed by atoms with Gasteiger partial charge in [-0.2, -0.15) is 0 Å². The lowest BCUT2D eigenvalue weighted by Crippen LogP contribution is -2.44. The quantitative estimate of drug-likeness (QED) is 0.656. The van der Waals surface area contributed by atoms with Crippen LogP contribution in [0.25, 0.3) is 0 Å². The van der Waals surface area contributed by atoms with Gasteiger partial charge < -0.3 is 9.64 Å². The van der Waals surface area contributed by atoms with Crippen LogP contribution in [0, 0.1) is 5.41 Å². The number of nitrogens with zero attached hydrogens (tertiary/aromatic N) is 1. The Morgan fingerprint density at radius 1 is 1.53 bits per heavy atom. The van der Waals surface area contributed by atoms with E-state index in [1.807, 2.05) is 18.7 Å². The number of hydrogen-bond acceptors (Lipinski definition) is 2. The zero-order valence-corrected chi connectivity index (χ0v) is 10.5. The molecular formula is C11H20ClNO2. The van der Waals surface area contributed by atoms with Crippen LogP contribution in [0.1, 0.15) is 26.7 Å². The van der Waals surface area contributed by atoms with Crippen LogP contribution in [0.15, 0.2) is 0 Å². The minimum atomic E-state index is -0.460. The Kier molecular flexibility index (Phi) is 4.41. The van der Waals surface area contributed by atoms with Crippen LogP contribution in [-0.4, -0.2) is 43.0 Å². The van der Waals surface area contributed by atoms with Crippen LogP contribution in [0.4, 0.5) is 0 Å². The van der Waals surface area contributed by atoms with E-state index in [-0.39, 0.29) is 5.91 Å². The van der Waals surface area contributed by atoms with Gasteiger partial charge >= 0.3 is 0 Å².